The minimum absolute atomic E-state index is 0.0555. The highest BCUT2D eigenvalue weighted by atomic mass is 79.9. The maximum Gasteiger partial charge on any atom is 0.251 e. The fourth-order valence-corrected chi connectivity index (χ4v) is 2.49. The van der Waals surface area contributed by atoms with Crippen molar-refractivity contribution in [2.45, 2.75) is 33.2 Å². The molecule has 19 heavy (non-hydrogen) atoms. The maximum absolute atomic E-state index is 12.2. The summed E-state index contributed by atoms with van der Waals surface area (Å²) in [6, 6.07) is 7.44. The molecule has 0 aromatic heterocycles. The highest BCUT2D eigenvalue weighted by molar-refractivity contribution is 9.09. The number of nitrogens with one attached hydrogen (secondary N) is 1. The average Bonchev–Trinajstić information content (AvgIpc) is 2.42. The van der Waals surface area contributed by atoms with E-state index in [2.05, 4.69) is 42.0 Å². The quantitative estimate of drug-likeness (QED) is 0.776. The number of hydrogen-bond acceptors (Lipinski definition) is 2. The third-order valence-electron chi connectivity index (χ3n) is 2.86. The molecule has 1 amide bonds. The average molecular weight is 328 g/mol. The number of rotatable bonds is 7. The van der Waals surface area contributed by atoms with Crippen molar-refractivity contribution in [2.24, 2.45) is 5.92 Å². The van der Waals surface area contributed by atoms with E-state index in [9.17, 15) is 4.79 Å². The standard InChI is InChI=1S/C15H22BrNO2/c1-4-8-19-13-7-5-6-12(9-13)15(18)17-14(10-16)11(2)3/h5-7,9,11,14H,4,8,10H2,1-3H3,(H,17,18). The van der Waals surface area contributed by atoms with Crippen molar-refractivity contribution >= 4 is 21.8 Å². The van der Waals surface area contributed by atoms with Crippen LogP contribution in [0.2, 0.25) is 0 Å². The minimum atomic E-state index is -0.0555. The third-order valence-corrected chi connectivity index (χ3v) is 3.55. The topological polar surface area (TPSA) is 38.3 Å². The Bertz CT molecular complexity index is 407. The summed E-state index contributed by atoms with van der Waals surface area (Å²) < 4.78 is 5.54. The van der Waals surface area contributed by atoms with Crippen LogP contribution in [0.4, 0.5) is 0 Å². The second-order valence-corrected chi connectivity index (χ2v) is 5.50. The van der Waals surface area contributed by atoms with E-state index in [-0.39, 0.29) is 11.9 Å². The van der Waals surface area contributed by atoms with Crippen molar-refractivity contribution < 1.29 is 9.53 Å². The highest BCUT2D eigenvalue weighted by Gasteiger charge is 2.16. The van der Waals surface area contributed by atoms with Crippen LogP contribution in [0.1, 0.15) is 37.6 Å². The van der Waals surface area contributed by atoms with E-state index in [1.807, 2.05) is 12.1 Å². The van der Waals surface area contributed by atoms with Crippen LogP contribution in [0.15, 0.2) is 24.3 Å². The number of carbonyl (C=O) groups excluding carboxylic acids is 1. The van der Waals surface area contributed by atoms with Gasteiger partial charge in [0.2, 0.25) is 0 Å². The van der Waals surface area contributed by atoms with E-state index in [4.69, 9.17) is 4.74 Å². The number of alkyl halides is 1. The lowest BCUT2D eigenvalue weighted by Gasteiger charge is -2.20. The van der Waals surface area contributed by atoms with Crippen LogP contribution >= 0.6 is 15.9 Å². The lowest BCUT2D eigenvalue weighted by Crippen LogP contribution is -2.39. The number of hydrogen-bond donors (Lipinski definition) is 1. The van der Waals surface area contributed by atoms with Crippen molar-refractivity contribution in [1.29, 1.82) is 0 Å². The second kappa shape index (κ2) is 8.20. The van der Waals surface area contributed by atoms with Crippen LogP contribution < -0.4 is 10.1 Å². The molecule has 1 aromatic rings. The maximum atomic E-state index is 12.2. The summed E-state index contributed by atoms with van der Waals surface area (Å²) in [6.45, 7) is 6.90. The lowest BCUT2D eigenvalue weighted by molar-refractivity contribution is 0.0931. The Hall–Kier alpha value is -1.03. The molecule has 0 saturated heterocycles. The molecule has 1 unspecified atom stereocenters. The smallest absolute Gasteiger partial charge is 0.251 e. The van der Waals surface area contributed by atoms with Gasteiger partial charge >= 0.3 is 0 Å². The van der Waals surface area contributed by atoms with E-state index in [1.165, 1.54) is 0 Å². The molecule has 1 rings (SSSR count). The molecule has 1 atom stereocenters. The first-order chi connectivity index (χ1) is 9.08. The number of halogens is 1. The predicted molar refractivity (Wildman–Crippen MR) is 82.1 cm³/mol. The Morgan fingerprint density at radius 3 is 2.74 bits per heavy atom. The summed E-state index contributed by atoms with van der Waals surface area (Å²) in [5, 5.41) is 3.78. The Balaban J connectivity index is 2.70. The number of amides is 1. The molecule has 1 N–H and O–H groups in total. The van der Waals surface area contributed by atoms with Crippen LogP contribution in [0, 0.1) is 5.92 Å². The molecule has 0 radical (unpaired) electrons. The Morgan fingerprint density at radius 1 is 1.42 bits per heavy atom. The fourth-order valence-electron chi connectivity index (χ4n) is 1.58. The van der Waals surface area contributed by atoms with E-state index in [0.29, 0.717) is 18.1 Å². The molecule has 106 valence electrons. The van der Waals surface area contributed by atoms with Gasteiger partial charge in [-0.25, -0.2) is 0 Å². The first-order valence-corrected chi connectivity index (χ1v) is 7.80. The van der Waals surface area contributed by atoms with Gasteiger partial charge in [0, 0.05) is 16.9 Å². The summed E-state index contributed by atoms with van der Waals surface area (Å²) in [6.07, 6.45) is 0.954. The summed E-state index contributed by atoms with van der Waals surface area (Å²) in [5.74, 6) is 1.08. The third kappa shape index (κ3) is 5.23. The van der Waals surface area contributed by atoms with Crippen LogP contribution in [-0.4, -0.2) is 23.9 Å². The zero-order valence-corrected chi connectivity index (χ0v) is 13.4. The normalized spacial score (nSPS) is 12.3. The van der Waals surface area contributed by atoms with E-state index >= 15 is 0 Å². The molecular formula is C15H22BrNO2. The first kappa shape index (κ1) is 16.0. The van der Waals surface area contributed by atoms with Crippen molar-refractivity contribution in [2.75, 3.05) is 11.9 Å². The zero-order valence-electron chi connectivity index (χ0n) is 11.8. The first-order valence-electron chi connectivity index (χ1n) is 6.68. The summed E-state index contributed by atoms with van der Waals surface area (Å²) in [4.78, 5) is 12.2. The van der Waals surface area contributed by atoms with Gasteiger partial charge in [-0.05, 0) is 30.5 Å². The van der Waals surface area contributed by atoms with E-state index in [0.717, 1.165) is 17.5 Å². The molecule has 1 aromatic carbocycles. The largest absolute Gasteiger partial charge is 0.494 e. The monoisotopic (exact) mass is 327 g/mol. The molecule has 0 heterocycles. The van der Waals surface area contributed by atoms with Gasteiger partial charge in [0.15, 0.2) is 0 Å². The van der Waals surface area contributed by atoms with Gasteiger partial charge in [0.25, 0.3) is 5.91 Å². The zero-order chi connectivity index (χ0) is 14.3. The van der Waals surface area contributed by atoms with Gasteiger partial charge in [0.1, 0.15) is 5.75 Å². The van der Waals surface area contributed by atoms with E-state index < -0.39 is 0 Å². The van der Waals surface area contributed by atoms with Crippen molar-refractivity contribution in [3.05, 3.63) is 29.8 Å². The summed E-state index contributed by atoms with van der Waals surface area (Å²) >= 11 is 3.43. The molecule has 4 heteroatoms. The van der Waals surface area contributed by atoms with Crippen molar-refractivity contribution in [3.63, 3.8) is 0 Å². The second-order valence-electron chi connectivity index (χ2n) is 4.85. The summed E-state index contributed by atoms with van der Waals surface area (Å²) in [7, 11) is 0. The van der Waals surface area contributed by atoms with Gasteiger partial charge in [-0.1, -0.05) is 42.8 Å². The van der Waals surface area contributed by atoms with Gasteiger partial charge < -0.3 is 10.1 Å². The minimum Gasteiger partial charge on any atom is -0.494 e. The van der Waals surface area contributed by atoms with Crippen LogP contribution in [0.5, 0.6) is 5.75 Å². The molecule has 0 fully saturated rings. The van der Waals surface area contributed by atoms with Crippen LogP contribution in [0.25, 0.3) is 0 Å². The molecule has 3 nitrogen and oxygen atoms in total. The predicted octanol–water partition coefficient (Wildman–Crippen LogP) is 3.62. The SMILES string of the molecule is CCCOc1cccc(C(=O)NC(CBr)C(C)C)c1. The van der Waals surface area contributed by atoms with Gasteiger partial charge in [-0.15, -0.1) is 0 Å². The van der Waals surface area contributed by atoms with Gasteiger partial charge in [0.05, 0.1) is 6.61 Å². The van der Waals surface area contributed by atoms with Crippen molar-refractivity contribution in [1.82, 2.24) is 5.32 Å². The number of carbonyl (C=O) groups is 1. The number of ether oxygens (including phenoxy) is 1. The molecule has 0 aliphatic carbocycles. The Kier molecular flexibility index (Phi) is 6.92. The Labute approximate surface area is 123 Å². The summed E-state index contributed by atoms with van der Waals surface area (Å²) in [5.41, 5.74) is 0.639. The fraction of sp³-hybridized carbons (Fsp3) is 0.533. The molecule has 0 spiro atoms. The van der Waals surface area contributed by atoms with Crippen molar-refractivity contribution in [3.8, 4) is 5.75 Å². The lowest BCUT2D eigenvalue weighted by atomic mass is 10.1. The van der Waals surface area contributed by atoms with Gasteiger partial charge in [-0.3, -0.25) is 4.79 Å². The molecule has 0 bridgehead atoms. The Morgan fingerprint density at radius 2 is 2.16 bits per heavy atom. The van der Waals surface area contributed by atoms with E-state index in [1.54, 1.807) is 12.1 Å². The van der Waals surface area contributed by atoms with Crippen LogP contribution in [-0.2, 0) is 0 Å². The highest BCUT2D eigenvalue weighted by Crippen LogP contribution is 2.14. The van der Waals surface area contributed by atoms with Crippen LogP contribution in [0.3, 0.4) is 0 Å². The molecule has 0 aliphatic rings. The number of benzene rings is 1. The van der Waals surface area contributed by atoms with Gasteiger partial charge in [-0.2, -0.15) is 0 Å². The molecular weight excluding hydrogens is 306 g/mol. The molecule has 0 saturated carbocycles. The molecule has 0 aliphatic heterocycles.